The summed E-state index contributed by atoms with van der Waals surface area (Å²) in [7, 11) is 0. The molecule has 0 aliphatic heterocycles. The van der Waals surface area contributed by atoms with Gasteiger partial charge < -0.3 is 9.47 Å². The minimum Gasteiger partial charge on any atom is -0.314 e. The van der Waals surface area contributed by atoms with Crippen molar-refractivity contribution in [3.8, 4) is 16.8 Å². The third-order valence-corrected chi connectivity index (χ3v) is 10.6. The minimum absolute atomic E-state index is 1.07. The highest BCUT2D eigenvalue weighted by atomic mass is 15.1. The van der Waals surface area contributed by atoms with Gasteiger partial charge in [0.05, 0.1) is 11.0 Å². The number of hydrogen-bond donors (Lipinski definition) is 0. The monoisotopic (exact) mass is 722 g/mol. The van der Waals surface area contributed by atoms with Crippen molar-refractivity contribution in [3.05, 3.63) is 228 Å². The SMILES string of the molecule is C=C/C(=C\C=C(/C)N(c1ccc(C)cc1)c1ccccc1C)c1ccc(/C=C/c2ccc(-c3ccc4c(c3)c3ccccc3n4-c3ccc(C)cc3)cc2)cc1. The first kappa shape index (κ1) is 36.1. The van der Waals surface area contributed by atoms with Gasteiger partial charge in [-0.1, -0.05) is 157 Å². The molecule has 0 N–H and O–H groups in total. The Morgan fingerprint density at radius 2 is 1.14 bits per heavy atom. The molecule has 0 saturated heterocycles. The topological polar surface area (TPSA) is 8.17 Å². The van der Waals surface area contributed by atoms with Gasteiger partial charge in [0.1, 0.15) is 0 Å². The third kappa shape index (κ3) is 7.43. The normalized spacial score (nSPS) is 12.1. The van der Waals surface area contributed by atoms with E-state index in [2.05, 4.69) is 232 Å². The molecule has 272 valence electrons. The van der Waals surface area contributed by atoms with E-state index >= 15 is 0 Å². The Labute approximate surface area is 331 Å². The number of fused-ring (bicyclic) bond motifs is 3. The lowest BCUT2D eigenvalue weighted by Gasteiger charge is -2.27. The summed E-state index contributed by atoms with van der Waals surface area (Å²) in [5.41, 5.74) is 17.7. The van der Waals surface area contributed by atoms with E-state index in [4.69, 9.17) is 0 Å². The highest BCUT2D eigenvalue weighted by Crippen LogP contribution is 2.36. The van der Waals surface area contributed by atoms with Crippen molar-refractivity contribution < 1.29 is 0 Å². The average molecular weight is 723 g/mol. The summed E-state index contributed by atoms with van der Waals surface area (Å²) in [6, 6.07) is 59.1. The quantitative estimate of drug-likeness (QED) is 0.101. The highest BCUT2D eigenvalue weighted by molar-refractivity contribution is 6.10. The molecule has 0 atom stereocenters. The molecule has 0 bridgehead atoms. The van der Waals surface area contributed by atoms with Crippen molar-refractivity contribution >= 4 is 50.9 Å². The van der Waals surface area contributed by atoms with Crippen LogP contribution in [0.15, 0.2) is 194 Å². The van der Waals surface area contributed by atoms with Crippen LogP contribution >= 0.6 is 0 Å². The number of aryl methyl sites for hydroxylation is 3. The molecule has 0 aliphatic carbocycles. The molecule has 56 heavy (non-hydrogen) atoms. The van der Waals surface area contributed by atoms with Crippen LogP contribution in [-0.2, 0) is 0 Å². The van der Waals surface area contributed by atoms with Crippen LogP contribution in [-0.4, -0.2) is 4.57 Å². The average Bonchev–Trinajstić information content (AvgIpc) is 3.56. The zero-order valence-corrected chi connectivity index (χ0v) is 32.6. The Hall–Kier alpha value is -6.90. The van der Waals surface area contributed by atoms with Crippen LogP contribution in [0.2, 0.25) is 0 Å². The Balaban J connectivity index is 0.995. The largest absolute Gasteiger partial charge is 0.314 e. The number of nitrogens with zero attached hydrogens (tertiary/aromatic N) is 2. The van der Waals surface area contributed by atoms with E-state index in [1.165, 1.54) is 61.0 Å². The van der Waals surface area contributed by atoms with Gasteiger partial charge >= 0.3 is 0 Å². The van der Waals surface area contributed by atoms with Gasteiger partial charge in [-0.15, -0.1) is 0 Å². The number of aromatic nitrogens is 1. The molecular formula is C54H46N2. The first-order valence-electron chi connectivity index (χ1n) is 19.3. The first-order valence-corrected chi connectivity index (χ1v) is 19.3. The number of benzene rings is 7. The zero-order chi connectivity index (χ0) is 38.6. The van der Waals surface area contributed by atoms with Crippen LogP contribution < -0.4 is 4.90 Å². The van der Waals surface area contributed by atoms with E-state index in [0.717, 1.165) is 33.6 Å². The van der Waals surface area contributed by atoms with E-state index in [1.54, 1.807) is 0 Å². The third-order valence-electron chi connectivity index (χ3n) is 10.6. The van der Waals surface area contributed by atoms with Gasteiger partial charge in [-0.25, -0.2) is 0 Å². The lowest BCUT2D eigenvalue weighted by Crippen LogP contribution is -2.15. The lowest BCUT2D eigenvalue weighted by molar-refractivity contribution is 1.14. The van der Waals surface area contributed by atoms with Gasteiger partial charge in [-0.2, -0.15) is 0 Å². The Morgan fingerprint density at radius 3 is 1.82 bits per heavy atom. The maximum absolute atomic E-state index is 4.15. The lowest BCUT2D eigenvalue weighted by atomic mass is 10.0. The van der Waals surface area contributed by atoms with Crippen molar-refractivity contribution in [2.45, 2.75) is 27.7 Å². The van der Waals surface area contributed by atoms with Gasteiger partial charge in [0.15, 0.2) is 0 Å². The molecule has 7 aromatic carbocycles. The summed E-state index contributed by atoms with van der Waals surface area (Å²) >= 11 is 0. The van der Waals surface area contributed by atoms with Crippen molar-refractivity contribution in [2.75, 3.05) is 4.90 Å². The summed E-state index contributed by atoms with van der Waals surface area (Å²) in [5.74, 6) is 0. The number of rotatable bonds is 10. The van der Waals surface area contributed by atoms with Gasteiger partial charge in [0.2, 0.25) is 0 Å². The maximum Gasteiger partial charge on any atom is 0.0541 e. The number of allylic oxidation sites excluding steroid dienone is 5. The number of para-hydroxylation sites is 2. The molecule has 0 radical (unpaired) electrons. The summed E-state index contributed by atoms with van der Waals surface area (Å²) < 4.78 is 2.37. The molecule has 1 heterocycles. The van der Waals surface area contributed by atoms with Gasteiger partial charge in [-0.05, 0) is 121 Å². The molecular weight excluding hydrogens is 677 g/mol. The highest BCUT2D eigenvalue weighted by Gasteiger charge is 2.15. The second-order valence-corrected chi connectivity index (χ2v) is 14.6. The van der Waals surface area contributed by atoms with E-state index in [1.807, 2.05) is 6.08 Å². The fourth-order valence-electron chi connectivity index (χ4n) is 7.50. The van der Waals surface area contributed by atoms with E-state index in [-0.39, 0.29) is 0 Å². The predicted octanol–water partition coefficient (Wildman–Crippen LogP) is 14.9. The van der Waals surface area contributed by atoms with Gasteiger partial charge in [0, 0.05) is 33.5 Å². The molecule has 8 aromatic rings. The fraction of sp³-hybridized carbons (Fsp3) is 0.0741. The van der Waals surface area contributed by atoms with Gasteiger partial charge in [0.25, 0.3) is 0 Å². The second kappa shape index (κ2) is 15.8. The molecule has 0 saturated carbocycles. The van der Waals surface area contributed by atoms with Crippen LogP contribution in [0.3, 0.4) is 0 Å². The Kier molecular flexibility index (Phi) is 10.2. The molecule has 1 aromatic heterocycles. The molecule has 0 amide bonds. The summed E-state index contributed by atoms with van der Waals surface area (Å²) in [4.78, 5) is 2.32. The number of anilines is 2. The zero-order valence-electron chi connectivity index (χ0n) is 32.6. The van der Waals surface area contributed by atoms with E-state index < -0.39 is 0 Å². The molecule has 8 rings (SSSR count). The van der Waals surface area contributed by atoms with Crippen LogP contribution in [0.4, 0.5) is 11.4 Å². The molecule has 0 fully saturated rings. The first-order chi connectivity index (χ1) is 27.4. The summed E-state index contributed by atoms with van der Waals surface area (Å²) in [5, 5.41) is 2.53. The number of hydrogen-bond acceptors (Lipinski definition) is 1. The van der Waals surface area contributed by atoms with Crippen LogP contribution in [0.5, 0.6) is 0 Å². The predicted molar refractivity (Wildman–Crippen MR) is 243 cm³/mol. The maximum atomic E-state index is 4.15. The van der Waals surface area contributed by atoms with Crippen molar-refractivity contribution in [2.24, 2.45) is 0 Å². The molecule has 2 nitrogen and oxygen atoms in total. The van der Waals surface area contributed by atoms with Crippen LogP contribution in [0.1, 0.15) is 40.3 Å². The van der Waals surface area contributed by atoms with Crippen LogP contribution in [0.25, 0.3) is 56.3 Å². The van der Waals surface area contributed by atoms with Crippen molar-refractivity contribution in [1.29, 1.82) is 0 Å². The van der Waals surface area contributed by atoms with Crippen molar-refractivity contribution in [3.63, 3.8) is 0 Å². The summed E-state index contributed by atoms with van der Waals surface area (Å²) in [6.45, 7) is 12.7. The second-order valence-electron chi connectivity index (χ2n) is 14.6. The fourth-order valence-corrected chi connectivity index (χ4v) is 7.50. The minimum atomic E-state index is 1.07. The standard InChI is InChI=1S/C54H46N2/c1-6-44(26-19-41(5)55(48-32-15-38(2)16-33-48)52-13-9-7-11-40(52)4)45-27-22-42(23-28-45)20-21-43-24-29-46(30-25-43)47-31-36-54-51(37-47)50-12-8-10-14-53(50)56(54)49-34-17-39(3)18-35-49/h6-37H,1H2,2-5H3/b21-20+,41-19+,44-26+. The molecule has 0 spiro atoms. The Bertz CT molecular complexity index is 2750. The van der Waals surface area contributed by atoms with Crippen molar-refractivity contribution in [1.82, 2.24) is 4.57 Å². The summed E-state index contributed by atoms with van der Waals surface area (Å²) in [6.07, 6.45) is 10.6. The molecule has 2 heteroatoms. The molecule has 0 aliphatic rings. The Morgan fingerprint density at radius 1 is 0.554 bits per heavy atom. The molecule has 0 unspecified atom stereocenters. The smallest absolute Gasteiger partial charge is 0.0541 e. The van der Waals surface area contributed by atoms with E-state index in [0.29, 0.717) is 0 Å². The van der Waals surface area contributed by atoms with E-state index in [9.17, 15) is 0 Å². The van der Waals surface area contributed by atoms with Crippen LogP contribution in [0, 0.1) is 20.8 Å². The van der Waals surface area contributed by atoms with Gasteiger partial charge in [-0.3, -0.25) is 0 Å².